The summed E-state index contributed by atoms with van der Waals surface area (Å²) in [7, 11) is 1.73. The van der Waals surface area contributed by atoms with Crippen molar-refractivity contribution in [3.8, 4) is 0 Å². The van der Waals surface area contributed by atoms with Crippen LogP contribution in [-0.4, -0.2) is 19.3 Å². The van der Waals surface area contributed by atoms with Crippen LogP contribution in [0.15, 0.2) is 24.3 Å². The molecule has 1 aromatic rings. The van der Waals surface area contributed by atoms with E-state index in [1.807, 2.05) is 24.3 Å². The molecule has 1 N–H and O–H groups in total. The Morgan fingerprint density at radius 1 is 1.19 bits per heavy atom. The first-order chi connectivity index (χ1) is 7.56. The van der Waals surface area contributed by atoms with Crippen molar-refractivity contribution in [1.82, 2.24) is 5.32 Å². The Kier molecular flexibility index (Phi) is 5.26. The maximum atomic E-state index is 6.14. The molecule has 0 fully saturated rings. The predicted octanol–water partition coefficient (Wildman–Crippen LogP) is 3.41. The molecule has 90 valence electrons. The van der Waals surface area contributed by atoms with Gasteiger partial charge in [-0.2, -0.15) is 0 Å². The number of nitrogens with one attached hydrogen (secondary N) is 1. The molecule has 0 aromatic heterocycles. The number of hydrogen-bond donors (Lipinski definition) is 1. The molecule has 2 nitrogen and oxygen atoms in total. The van der Waals surface area contributed by atoms with E-state index in [0.29, 0.717) is 0 Å². The molecule has 0 bridgehead atoms. The summed E-state index contributed by atoms with van der Waals surface area (Å²) in [5, 5.41) is 4.28. The Morgan fingerprint density at radius 3 is 2.38 bits per heavy atom. The van der Waals surface area contributed by atoms with Crippen molar-refractivity contribution < 1.29 is 4.74 Å². The van der Waals surface area contributed by atoms with Gasteiger partial charge in [0.1, 0.15) is 0 Å². The van der Waals surface area contributed by atoms with Crippen LogP contribution in [0.1, 0.15) is 32.4 Å². The molecule has 0 aliphatic rings. The highest BCUT2D eigenvalue weighted by Crippen LogP contribution is 2.22. The second-order valence-corrected chi connectivity index (χ2v) is 4.55. The minimum Gasteiger partial charge on any atom is -0.380 e. The standard InChI is InChI=1S/C13H20ClNO/c1-9(11(3)16-4)15-10(2)12-7-5-6-8-13(12)14/h5-11,15H,1-4H3. The predicted molar refractivity (Wildman–Crippen MR) is 68.9 cm³/mol. The van der Waals surface area contributed by atoms with Gasteiger partial charge < -0.3 is 10.1 Å². The van der Waals surface area contributed by atoms with Gasteiger partial charge in [-0.25, -0.2) is 0 Å². The fourth-order valence-electron chi connectivity index (χ4n) is 1.65. The lowest BCUT2D eigenvalue weighted by molar-refractivity contribution is 0.0852. The summed E-state index contributed by atoms with van der Waals surface area (Å²) < 4.78 is 5.28. The van der Waals surface area contributed by atoms with Crippen molar-refractivity contribution in [2.45, 2.75) is 39.0 Å². The van der Waals surface area contributed by atoms with Crippen LogP contribution in [0.5, 0.6) is 0 Å². The Balaban J connectivity index is 2.65. The highest BCUT2D eigenvalue weighted by molar-refractivity contribution is 6.31. The Labute approximate surface area is 103 Å². The second kappa shape index (κ2) is 6.24. The zero-order chi connectivity index (χ0) is 12.1. The largest absolute Gasteiger partial charge is 0.380 e. The lowest BCUT2D eigenvalue weighted by Gasteiger charge is -2.25. The van der Waals surface area contributed by atoms with Crippen LogP contribution in [-0.2, 0) is 4.74 Å². The van der Waals surface area contributed by atoms with Gasteiger partial charge in [-0.05, 0) is 32.4 Å². The van der Waals surface area contributed by atoms with E-state index in [1.54, 1.807) is 7.11 Å². The van der Waals surface area contributed by atoms with Gasteiger partial charge in [-0.3, -0.25) is 0 Å². The number of ether oxygens (including phenoxy) is 1. The van der Waals surface area contributed by atoms with E-state index in [4.69, 9.17) is 16.3 Å². The van der Waals surface area contributed by atoms with E-state index in [2.05, 4.69) is 26.1 Å². The van der Waals surface area contributed by atoms with Gasteiger partial charge >= 0.3 is 0 Å². The van der Waals surface area contributed by atoms with Crippen LogP contribution in [0.4, 0.5) is 0 Å². The summed E-state index contributed by atoms with van der Waals surface area (Å²) in [6.07, 6.45) is 0.185. The van der Waals surface area contributed by atoms with Gasteiger partial charge in [0.2, 0.25) is 0 Å². The van der Waals surface area contributed by atoms with Crippen LogP contribution in [0, 0.1) is 0 Å². The summed E-state index contributed by atoms with van der Waals surface area (Å²) in [4.78, 5) is 0. The van der Waals surface area contributed by atoms with Crippen molar-refractivity contribution in [3.05, 3.63) is 34.9 Å². The highest BCUT2D eigenvalue weighted by Gasteiger charge is 2.16. The molecule has 0 aliphatic heterocycles. The molecule has 0 aliphatic carbocycles. The third-order valence-corrected chi connectivity index (χ3v) is 3.30. The van der Waals surface area contributed by atoms with E-state index in [0.717, 1.165) is 10.6 Å². The lowest BCUT2D eigenvalue weighted by atomic mass is 10.1. The fraction of sp³-hybridized carbons (Fsp3) is 0.538. The average molecular weight is 242 g/mol. The molecule has 3 heteroatoms. The quantitative estimate of drug-likeness (QED) is 0.853. The Hall–Kier alpha value is -0.570. The SMILES string of the molecule is COC(C)C(C)NC(C)c1ccccc1Cl. The lowest BCUT2D eigenvalue weighted by Crippen LogP contribution is -2.38. The molecule has 1 aromatic carbocycles. The summed E-state index contributed by atoms with van der Waals surface area (Å²) in [6.45, 7) is 6.28. The number of rotatable bonds is 5. The van der Waals surface area contributed by atoms with Gasteiger partial charge in [-0.15, -0.1) is 0 Å². The van der Waals surface area contributed by atoms with Gasteiger partial charge in [-0.1, -0.05) is 29.8 Å². The topological polar surface area (TPSA) is 21.3 Å². The minimum absolute atomic E-state index is 0.185. The molecule has 0 radical (unpaired) electrons. The average Bonchev–Trinajstić information content (AvgIpc) is 2.28. The molecule has 16 heavy (non-hydrogen) atoms. The van der Waals surface area contributed by atoms with Gasteiger partial charge in [0.25, 0.3) is 0 Å². The molecule has 0 saturated heterocycles. The van der Waals surface area contributed by atoms with Crippen LogP contribution in [0.3, 0.4) is 0 Å². The van der Waals surface area contributed by atoms with Crippen LogP contribution in [0.2, 0.25) is 5.02 Å². The fourth-order valence-corrected chi connectivity index (χ4v) is 1.95. The van der Waals surface area contributed by atoms with Crippen molar-refractivity contribution >= 4 is 11.6 Å². The molecule has 3 unspecified atom stereocenters. The van der Waals surface area contributed by atoms with Crippen molar-refractivity contribution in [2.75, 3.05) is 7.11 Å². The van der Waals surface area contributed by atoms with Crippen LogP contribution >= 0.6 is 11.6 Å². The highest BCUT2D eigenvalue weighted by atomic mass is 35.5. The molecule has 0 saturated carbocycles. The smallest absolute Gasteiger partial charge is 0.0693 e. The number of hydrogen-bond acceptors (Lipinski definition) is 2. The molecule has 0 amide bonds. The molecular weight excluding hydrogens is 222 g/mol. The third kappa shape index (κ3) is 3.48. The molecule has 1 rings (SSSR count). The third-order valence-electron chi connectivity index (χ3n) is 2.96. The maximum Gasteiger partial charge on any atom is 0.0693 e. The van der Waals surface area contributed by atoms with E-state index < -0.39 is 0 Å². The summed E-state index contributed by atoms with van der Waals surface area (Å²) >= 11 is 6.14. The Morgan fingerprint density at radius 2 is 1.81 bits per heavy atom. The first kappa shape index (κ1) is 13.5. The summed E-state index contributed by atoms with van der Waals surface area (Å²) in [5.41, 5.74) is 1.12. The molecule has 3 atom stereocenters. The first-order valence-electron chi connectivity index (χ1n) is 5.59. The molecule has 0 heterocycles. The number of methoxy groups -OCH3 is 1. The van der Waals surface area contributed by atoms with Crippen molar-refractivity contribution in [1.29, 1.82) is 0 Å². The first-order valence-corrected chi connectivity index (χ1v) is 5.97. The summed E-state index contributed by atoms with van der Waals surface area (Å²) in [6, 6.07) is 8.42. The monoisotopic (exact) mass is 241 g/mol. The maximum absolute atomic E-state index is 6.14. The van der Waals surface area contributed by atoms with Crippen molar-refractivity contribution in [3.63, 3.8) is 0 Å². The second-order valence-electron chi connectivity index (χ2n) is 4.14. The molecular formula is C13H20ClNO. The Bertz CT molecular complexity index is 329. The number of halogens is 1. The van der Waals surface area contributed by atoms with Crippen LogP contribution in [0.25, 0.3) is 0 Å². The summed E-state index contributed by atoms with van der Waals surface area (Å²) in [5.74, 6) is 0. The van der Waals surface area contributed by atoms with E-state index >= 15 is 0 Å². The van der Waals surface area contributed by atoms with Gasteiger partial charge in [0.15, 0.2) is 0 Å². The van der Waals surface area contributed by atoms with E-state index in [9.17, 15) is 0 Å². The van der Waals surface area contributed by atoms with E-state index in [1.165, 1.54) is 0 Å². The van der Waals surface area contributed by atoms with Gasteiger partial charge in [0.05, 0.1) is 6.10 Å². The van der Waals surface area contributed by atoms with Crippen molar-refractivity contribution in [2.24, 2.45) is 0 Å². The zero-order valence-corrected chi connectivity index (χ0v) is 11.1. The zero-order valence-electron chi connectivity index (χ0n) is 10.3. The minimum atomic E-state index is 0.185. The van der Waals surface area contributed by atoms with Gasteiger partial charge in [0, 0.05) is 24.2 Å². The number of benzene rings is 1. The van der Waals surface area contributed by atoms with Crippen LogP contribution < -0.4 is 5.32 Å². The molecule has 0 spiro atoms. The normalized spacial score (nSPS) is 16.8. The van der Waals surface area contributed by atoms with E-state index in [-0.39, 0.29) is 18.2 Å².